The molecule has 2 unspecified atom stereocenters. The zero-order valence-corrected chi connectivity index (χ0v) is 11.5. The predicted molar refractivity (Wildman–Crippen MR) is 69.7 cm³/mol. The summed E-state index contributed by atoms with van der Waals surface area (Å²) in [5, 5.41) is 2.95. The average Bonchev–Trinajstić information content (AvgIpc) is 2.58. The maximum Gasteiger partial charge on any atom is 0.221 e. The van der Waals surface area contributed by atoms with Crippen molar-refractivity contribution < 1.29 is 13.6 Å². The molecule has 1 amide bonds. The molecule has 0 saturated carbocycles. The Labute approximate surface area is 112 Å². The molecule has 0 bridgehead atoms. The fourth-order valence-corrected chi connectivity index (χ4v) is 2.81. The average molecular weight is 267 g/mol. The highest BCUT2D eigenvalue weighted by Gasteiger charge is 2.44. The summed E-state index contributed by atoms with van der Waals surface area (Å²) in [6, 6.07) is 3.88. The van der Waals surface area contributed by atoms with Gasteiger partial charge in [-0.1, -0.05) is 26.8 Å². The van der Waals surface area contributed by atoms with E-state index in [1.807, 2.05) is 6.92 Å². The Hall–Kier alpha value is -1.45. The molecular weight excluding hydrogens is 248 g/mol. The third kappa shape index (κ3) is 2.62. The summed E-state index contributed by atoms with van der Waals surface area (Å²) in [7, 11) is 0. The second-order valence-electron chi connectivity index (χ2n) is 5.97. The molecule has 1 N–H and O–H groups in total. The maximum absolute atomic E-state index is 13.4. The van der Waals surface area contributed by atoms with E-state index in [4.69, 9.17) is 0 Å². The van der Waals surface area contributed by atoms with Crippen molar-refractivity contribution in [3.63, 3.8) is 0 Å². The highest BCUT2D eigenvalue weighted by molar-refractivity contribution is 5.81. The Morgan fingerprint density at radius 2 is 2.05 bits per heavy atom. The van der Waals surface area contributed by atoms with E-state index >= 15 is 0 Å². The van der Waals surface area contributed by atoms with E-state index in [9.17, 15) is 13.6 Å². The largest absolute Gasteiger partial charge is 0.352 e. The molecule has 1 aliphatic rings. The van der Waals surface area contributed by atoms with Crippen molar-refractivity contribution in [3.8, 4) is 0 Å². The van der Waals surface area contributed by atoms with Crippen molar-refractivity contribution >= 4 is 5.91 Å². The summed E-state index contributed by atoms with van der Waals surface area (Å²) in [4.78, 5) is 11.7. The fourth-order valence-electron chi connectivity index (χ4n) is 2.81. The highest BCUT2D eigenvalue weighted by Crippen LogP contribution is 2.38. The standard InChI is InChI=1S/C15H19F2NO/c1-9(2)6-13-15(3,8-14(19)18-13)10-4-5-11(16)12(17)7-10/h4-5,7,9,13H,6,8H2,1-3H3,(H,18,19). The normalized spacial score (nSPS) is 26.8. The Morgan fingerprint density at radius 3 is 2.63 bits per heavy atom. The molecule has 1 aromatic carbocycles. The van der Waals surface area contributed by atoms with Crippen LogP contribution in [-0.4, -0.2) is 11.9 Å². The molecule has 1 heterocycles. The van der Waals surface area contributed by atoms with Gasteiger partial charge >= 0.3 is 0 Å². The Bertz CT molecular complexity index is 501. The summed E-state index contributed by atoms with van der Waals surface area (Å²) in [6.07, 6.45) is 1.14. The SMILES string of the molecule is CC(C)CC1NC(=O)CC1(C)c1ccc(F)c(F)c1. The van der Waals surface area contributed by atoms with E-state index in [1.165, 1.54) is 6.07 Å². The Morgan fingerprint density at radius 1 is 1.37 bits per heavy atom. The summed E-state index contributed by atoms with van der Waals surface area (Å²) >= 11 is 0. The first-order valence-electron chi connectivity index (χ1n) is 6.58. The number of halogens is 2. The van der Waals surface area contributed by atoms with Gasteiger partial charge in [0.1, 0.15) is 0 Å². The highest BCUT2D eigenvalue weighted by atomic mass is 19.2. The van der Waals surface area contributed by atoms with E-state index in [-0.39, 0.29) is 11.9 Å². The zero-order chi connectivity index (χ0) is 14.2. The van der Waals surface area contributed by atoms with Crippen LogP contribution in [0.25, 0.3) is 0 Å². The van der Waals surface area contributed by atoms with Crippen molar-refractivity contribution in [2.45, 2.75) is 45.1 Å². The minimum Gasteiger partial charge on any atom is -0.352 e. The van der Waals surface area contributed by atoms with E-state index in [0.717, 1.165) is 12.5 Å². The minimum absolute atomic E-state index is 0.0297. The third-order valence-electron chi connectivity index (χ3n) is 3.92. The molecule has 0 aliphatic carbocycles. The van der Waals surface area contributed by atoms with E-state index in [2.05, 4.69) is 19.2 Å². The number of carbonyl (C=O) groups excluding carboxylic acids is 1. The molecule has 4 heteroatoms. The first kappa shape index (κ1) is 14.0. The summed E-state index contributed by atoms with van der Waals surface area (Å²) in [5.74, 6) is -1.32. The molecule has 0 radical (unpaired) electrons. The first-order valence-corrected chi connectivity index (χ1v) is 6.58. The van der Waals surface area contributed by atoms with Gasteiger partial charge in [0.15, 0.2) is 11.6 Å². The lowest BCUT2D eigenvalue weighted by Gasteiger charge is -2.32. The number of rotatable bonds is 3. The van der Waals surface area contributed by atoms with Crippen LogP contribution in [0.15, 0.2) is 18.2 Å². The molecule has 1 fully saturated rings. The van der Waals surface area contributed by atoms with E-state index in [0.29, 0.717) is 17.9 Å². The van der Waals surface area contributed by atoms with Gasteiger partial charge in [-0.05, 0) is 30.0 Å². The molecule has 2 nitrogen and oxygen atoms in total. The quantitative estimate of drug-likeness (QED) is 0.895. The monoisotopic (exact) mass is 267 g/mol. The van der Waals surface area contributed by atoms with Gasteiger partial charge in [0.25, 0.3) is 0 Å². The van der Waals surface area contributed by atoms with Crippen molar-refractivity contribution in [3.05, 3.63) is 35.4 Å². The Kier molecular flexibility index (Phi) is 3.61. The van der Waals surface area contributed by atoms with Crippen LogP contribution in [0.4, 0.5) is 8.78 Å². The lowest BCUT2D eigenvalue weighted by molar-refractivity contribution is -0.119. The number of carbonyl (C=O) groups is 1. The van der Waals surface area contributed by atoms with Crippen LogP contribution in [0.1, 0.15) is 39.2 Å². The molecule has 1 aliphatic heterocycles. The second-order valence-corrected chi connectivity index (χ2v) is 5.97. The number of hydrogen-bond donors (Lipinski definition) is 1. The molecule has 1 saturated heterocycles. The van der Waals surface area contributed by atoms with Gasteiger partial charge < -0.3 is 5.32 Å². The van der Waals surface area contributed by atoms with Gasteiger partial charge in [-0.15, -0.1) is 0 Å². The van der Waals surface area contributed by atoms with Crippen molar-refractivity contribution in [1.82, 2.24) is 5.32 Å². The molecule has 2 atom stereocenters. The lowest BCUT2D eigenvalue weighted by Crippen LogP contribution is -2.39. The van der Waals surface area contributed by atoms with Crippen LogP contribution in [-0.2, 0) is 10.2 Å². The predicted octanol–water partition coefficient (Wildman–Crippen LogP) is 3.16. The number of hydrogen-bond acceptors (Lipinski definition) is 1. The number of amides is 1. The fraction of sp³-hybridized carbons (Fsp3) is 0.533. The molecule has 19 heavy (non-hydrogen) atoms. The molecule has 1 aromatic rings. The van der Waals surface area contributed by atoms with Gasteiger partial charge in [0, 0.05) is 17.9 Å². The van der Waals surface area contributed by atoms with E-state index in [1.54, 1.807) is 6.07 Å². The van der Waals surface area contributed by atoms with Crippen LogP contribution in [0, 0.1) is 17.6 Å². The maximum atomic E-state index is 13.4. The molecule has 2 rings (SSSR count). The first-order chi connectivity index (χ1) is 8.83. The Balaban J connectivity index is 2.37. The van der Waals surface area contributed by atoms with E-state index < -0.39 is 17.0 Å². The third-order valence-corrected chi connectivity index (χ3v) is 3.92. The second kappa shape index (κ2) is 4.91. The van der Waals surface area contributed by atoms with Crippen LogP contribution in [0.2, 0.25) is 0 Å². The minimum atomic E-state index is -0.860. The van der Waals surface area contributed by atoms with Crippen LogP contribution >= 0.6 is 0 Å². The molecule has 0 aromatic heterocycles. The van der Waals surface area contributed by atoms with Gasteiger partial charge in [0.05, 0.1) is 0 Å². The topological polar surface area (TPSA) is 29.1 Å². The van der Waals surface area contributed by atoms with Crippen molar-refractivity contribution in [2.75, 3.05) is 0 Å². The number of nitrogens with one attached hydrogen (secondary N) is 1. The van der Waals surface area contributed by atoms with Crippen LogP contribution in [0.5, 0.6) is 0 Å². The molecular formula is C15H19F2NO. The van der Waals surface area contributed by atoms with Crippen LogP contribution in [0.3, 0.4) is 0 Å². The van der Waals surface area contributed by atoms with Crippen LogP contribution < -0.4 is 5.32 Å². The lowest BCUT2D eigenvalue weighted by atomic mass is 9.73. The number of benzene rings is 1. The summed E-state index contributed by atoms with van der Waals surface area (Å²) in [5.41, 5.74) is 0.200. The molecule has 104 valence electrons. The van der Waals surface area contributed by atoms with Gasteiger partial charge in [-0.3, -0.25) is 4.79 Å². The van der Waals surface area contributed by atoms with Gasteiger partial charge in [-0.2, -0.15) is 0 Å². The zero-order valence-electron chi connectivity index (χ0n) is 11.5. The van der Waals surface area contributed by atoms with Gasteiger partial charge in [0.2, 0.25) is 5.91 Å². The van der Waals surface area contributed by atoms with Gasteiger partial charge in [-0.25, -0.2) is 8.78 Å². The van der Waals surface area contributed by atoms with Crippen molar-refractivity contribution in [1.29, 1.82) is 0 Å². The van der Waals surface area contributed by atoms with Crippen molar-refractivity contribution in [2.24, 2.45) is 5.92 Å². The summed E-state index contributed by atoms with van der Waals surface area (Å²) < 4.78 is 26.4. The smallest absolute Gasteiger partial charge is 0.221 e. The summed E-state index contributed by atoms with van der Waals surface area (Å²) in [6.45, 7) is 6.09. The molecule has 0 spiro atoms.